The van der Waals surface area contributed by atoms with Crippen LogP contribution in [0, 0.1) is 5.82 Å². The van der Waals surface area contributed by atoms with Crippen molar-refractivity contribution in [2.24, 2.45) is 0 Å². The van der Waals surface area contributed by atoms with Crippen molar-refractivity contribution < 1.29 is 14.3 Å². The van der Waals surface area contributed by atoms with Gasteiger partial charge in [-0.2, -0.15) is 5.10 Å². The highest BCUT2D eigenvalue weighted by atomic mass is 19.1. The van der Waals surface area contributed by atoms with E-state index in [0.29, 0.717) is 5.56 Å². The average molecular weight is 263 g/mol. The maximum Gasteiger partial charge on any atom is 0.339 e. The predicted molar refractivity (Wildman–Crippen MR) is 67.4 cm³/mol. The normalized spacial score (nSPS) is 12.4. The smallest absolute Gasteiger partial charge is 0.339 e. The van der Waals surface area contributed by atoms with Crippen LogP contribution in [-0.2, 0) is 0 Å². The largest absolute Gasteiger partial charge is 0.478 e. The molecule has 1 N–H and O–H groups in total. The van der Waals surface area contributed by atoms with Crippen LogP contribution in [0.25, 0.3) is 11.3 Å². The van der Waals surface area contributed by atoms with E-state index in [9.17, 15) is 14.3 Å². The van der Waals surface area contributed by atoms with Gasteiger partial charge in [-0.05, 0) is 19.4 Å². The Morgan fingerprint density at radius 2 is 2.26 bits per heavy atom. The molecule has 0 bridgehead atoms. The fourth-order valence-corrected chi connectivity index (χ4v) is 1.72. The first kappa shape index (κ1) is 13.2. The van der Waals surface area contributed by atoms with Crippen LogP contribution < -0.4 is 0 Å². The Labute approximate surface area is 109 Å². The summed E-state index contributed by atoms with van der Waals surface area (Å²) in [5.41, 5.74) is 0.645. The molecule has 2 aromatic heterocycles. The summed E-state index contributed by atoms with van der Waals surface area (Å²) in [7, 11) is 0. The highest BCUT2D eigenvalue weighted by Crippen LogP contribution is 2.24. The number of pyridine rings is 1. The zero-order valence-electron chi connectivity index (χ0n) is 10.7. The molecule has 5 nitrogen and oxygen atoms in total. The van der Waals surface area contributed by atoms with Gasteiger partial charge in [0.05, 0.1) is 6.20 Å². The van der Waals surface area contributed by atoms with Gasteiger partial charge in [0.15, 0.2) is 0 Å². The second-order valence-electron chi connectivity index (χ2n) is 4.33. The van der Waals surface area contributed by atoms with Crippen molar-refractivity contribution in [2.45, 2.75) is 26.3 Å². The van der Waals surface area contributed by atoms with Crippen LogP contribution in [0.4, 0.5) is 4.39 Å². The number of rotatable bonds is 4. The second kappa shape index (κ2) is 5.17. The Hall–Kier alpha value is -2.24. The van der Waals surface area contributed by atoms with Crippen molar-refractivity contribution in [3.05, 3.63) is 36.0 Å². The molecule has 1 atom stereocenters. The molecule has 0 aromatic carbocycles. The summed E-state index contributed by atoms with van der Waals surface area (Å²) in [5, 5.41) is 13.4. The van der Waals surface area contributed by atoms with Gasteiger partial charge >= 0.3 is 5.97 Å². The van der Waals surface area contributed by atoms with Gasteiger partial charge in [-0.3, -0.25) is 9.67 Å². The molecule has 2 rings (SSSR count). The van der Waals surface area contributed by atoms with Crippen LogP contribution in [0.3, 0.4) is 0 Å². The summed E-state index contributed by atoms with van der Waals surface area (Å²) in [5.74, 6) is -1.61. The van der Waals surface area contributed by atoms with Crippen LogP contribution >= 0.6 is 0 Å². The molecule has 0 radical (unpaired) electrons. The third-order valence-electron chi connectivity index (χ3n) is 2.98. The molecule has 0 saturated carbocycles. The zero-order chi connectivity index (χ0) is 14.0. The summed E-state index contributed by atoms with van der Waals surface area (Å²) in [6, 6.07) is 1.30. The van der Waals surface area contributed by atoms with Gasteiger partial charge in [-0.1, -0.05) is 6.92 Å². The molecule has 19 heavy (non-hydrogen) atoms. The Morgan fingerprint density at radius 3 is 2.84 bits per heavy atom. The number of carbonyl (C=O) groups is 1. The van der Waals surface area contributed by atoms with E-state index in [1.54, 1.807) is 4.68 Å². The van der Waals surface area contributed by atoms with Crippen LogP contribution in [0.2, 0.25) is 0 Å². The van der Waals surface area contributed by atoms with Crippen LogP contribution in [0.1, 0.15) is 36.7 Å². The first-order valence-corrected chi connectivity index (χ1v) is 5.96. The van der Waals surface area contributed by atoms with Crippen LogP contribution in [0.5, 0.6) is 0 Å². The summed E-state index contributed by atoms with van der Waals surface area (Å²) < 4.78 is 14.8. The molecule has 0 spiro atoms. The third-order valence-corrected chi connectivity index (χ3v) is 2.98. The Kier molecular flexibility index (Phi) is 3.59. The van der Waals surface area contributed by atoms with Crippen molar-refractivity contribution in [2.75, 3.05) is 0 Å². The minimum atomic E-state index is -1.09. The molecule has 0 aliphatic carbocycles. The summed E-state index contributed by atoms with van der Waals surface area (Å²) >= 11 is 0. The fourth-order valence-electron chi connectivity index (χ4n) is 1.72. The Bertz CT molecular complexity index is 610. The topological polar surface area (TPSA) is 68.0 Å². The van der Waals surface area contributed by atoms with Crippen molar-refractivity contribution in [3.63, 3.8) is 0 Å². The van der Waals surface area contributed by atoms with E-state index >= 15 is 0 Å². The minimum Gasteiger partial charge on any atom is -0.478 e. The molecule has 2 heterocycles. The van der Waals surface area contributed by atoms with Crippen LogP contribution in [0.15, 0.2) is 24.7 Å². The van der Waals surface area contributed by atoms with Gasteiger partial charge in [0.1, 0.15) is 17.1 Å². The summed E-state index contributed by atoms with van der Waals surface area (Å²) in [4.78, 5) is 15.0. The first-order valence-electron chi connectivity index (χ1n) is 5.96. The molecule has 0 aliphatic heterocycles. The molecule has 2 aromatic rings. The van der Waals surface area contributed by atoms with Gasteiger partial charge in [0.25, 0.3) is 0 Å². The number of aromatic carboxylic acids is 1. The molecular weight excluding hydrogens is 249 g/mol. The molecule has 6 heteroatoms. The van der Waals surface area contributed by atoms with Crippen LogP contribution in [-0.4, -0.2) is 25.8 Å². The molecule has 100 valence electrons. The number of halogens is 1. The highest BCUT2D eigenvalue weighted by molar-refractivity contribution is 5.94. The van der Waals surface area contributed by atoms with Crippen molar-refractivity contribution in [1.29, 1.82) is 0 Å². The lowest BCUT2D eigenvalue weighted by atomic mass is 10.1. The second-order valence-corrected chi connectivity index (χ2v) is 4.33. The van der Waals surface area contributed by atoms with E-state index in [1.807, 2.05) is 13.8 Å². The van der Waals surface area contributed by atoms with E-state index in [-0.39, 0.29) is 17.3 Å². The fraction of sp³-hybridized carbons (Fsp3) is 0.308. The molecule has 0 amide bonds. The SMILES string of the molecule is CCC(C)n1cc(C(=O)O)c(-c2cncc(F)c2)n1. The number of nitrogens with zero attached hydrogens (tertiary/aromatic N) is 3. The highest BCUT2D eigenvalue weighted by Gasteiger charge is 2.19. The van der Waals surface area contributed by atoms with Gasteiger partial charge in [0.2, 0.25) is 0 Å². The van der Waals surface area contributed by atoms with E-state index in [4.69, 9.17) is 0 Å². The number of hydrogen-bond donors (Lipinski definition) is 1. The van der Waals surface area contributed by atoms with Gasteiger partial charge in [0, 0.05) is 24.0 Å². The van der Waals surface area contributed by atoms with E-state index < -0.39 is 11.8 Å². The van der Waals surface area contributed by atoms with E-state index in [2.05, 4.69) is 10.1 Å². The number of carboxylic acid groups (broad SMARTS) is 1. The summed E-state index contributed by atoms with van der Waals surface area (Å²) in [6.07, 6.45) is 4.76. The number of aromatic nitrogens is 3. The molecular formula is C13H14FN3O2. The maximum absolute atomic E-state index is 13.2. The standard InChI is InChI=1S/C13H14FN3O2/c1-3-8(2)17-7-11(13(18)19)12(16-17)9-4-10(14)6-15-5-9/h4-8H,3H2,1-2H3,(H,18,19). The lowest BCUT2D eigenvalue weighted by molar-refractivity contribution is 0.0697. The monoisotopic (exact) mass is 263 g/mol. The van der Waals surface area contributed by atoms with Gasteiger partial charge in [-0.25, -0.2) is 9.18 Å². The van der Waals surface area contributed by atoms with Gasteiger partial charge < -0.3 is 5.11 Å². The lowest BCUT2D eigenvalue weighted by Gasteiger charge is -2.07. The van der Waals surface area contributed by atoms with Crippen molar-refractivity contribution in [3.8, 4) is 11.3 Å². The minimum absolute atomic E-state index is 0.0488. The molecule has 0 saturated heterocycles. The van der Waals surface area contributed by atoms with E-state index in [0.717, 1.165) is 12.6 Å². The Balaban J connectivity index is 2.55. The predicted octanol–water partition coefficient (Wildman–Crippen LogP) is 2.75. The van der Waals surface area contributed by atoms with E-state index in [1.165, 1.54) is 18.5 Å². The Morgan fingerprint density at radius 1 is 1.53 bits per heavy atom. The third kappa shape index (κ3) is 2.62. The number of carboxylic acids is 1. The summed E-state index contributed by atoms with van der Waals surface area (Å²) in [6.45, 7) is 3.92. The van der Waals surface area contributed by atoms with Crippen molar-refractivity contribution >= 4 is 5.97 Å². The van der Waals surface area contributed by atoms with Gasteiger partial charge in [-0.15, -0.1) is 0 Å². The quantitative estimate of drug-likeness (QED) is 0.920. The number of hydrogen-bond acceptors (Lipinski definition) is 3. The first-order chi connectivity index (χ1) is 9.02. The molecule has 0 fully saturated rings. The molecule has 1 unspecified atom stereocenters. The lowest BCUT2D eigenvalue weighted by Crippen LogP contribution is -2.04. The average Bonchev–Trinajstić information content (AvgIpc) is 2.83. The molecule has 0 aliphatic rings. The zero-order valence-corrected chi connectivity index (χ0v) is 10.7. The maximum atomic E-state index is 13.2. The van der Waals surface area contributed by atoms with Crippen molar-refractivity contribution in [1.82, 2.24) is 14.8 Å².